The minimum atomic E-state index is 0.430. The quantitative estimate of drug-likeness (QED) is 0.799. The van der Waals surface area contributed by atoms with Crippen LogP contribution >= 0.6 is 0 Å². The first-order valence-electron chi connectivity index (χ1n) is 8.76. The molecule has 0 N–H and O–H groups in total. The highest BCUT2D eigenvalue weighted by Gasteiger charge is 2.29. The van der Waals surface area contributed by atoms with Gasteiger partial charge in [-0.1, -0.05) is 57.2 Å². The zero-order chi connectivity index (χ0) is 16.3. The lowest BCUT2D eigenvalue weighted by atomic mass is 9.75. The van der Waals surface area contributed by atoms with Crippen molar-refractivity contribution in [1.82, 2.24) is 4.98 Å². The van der Waals surface area contributed by atoms with Crippen molar-refractivity contribution in [3.05, 3.63) is 59.8 Å². The second-order valence-corrected chi connectivity index (χ2v) is 7.81. The first kappa shape index (κ1) is 16.0. The Hall–Kier alpha value is -1.83. The Labute approximate surface area is 140 Å². The Morgan fingerprint density at radius 1 is 0.957 bits per heavy atom. The van der Waals surface area contributed by atoms with Crippen molar-refractivity contribution in [3.8, 4) is 0 Å². The van der Waals surface area contributed by atoms with Gasteiger partial charge in [-0.05, 0) is 47.8 Å². The average molecular weight is 308 g/mol. The highest BCUT2D eigenvalue weighted by molar-refractivity contribution is 5.40. The van der Waals surface area contributed by atoms with Gasteiger partial charge in [0.2, 0.25) is 0 Å². The molecule has 0 atom stereocenters. The highest BCUT2D eigenvalue weighted by atomic mass is 15.2. The van der Waals surface area contributed by atoms with Gasteiger partial charge in [0.1, 0.15) is 5.82 Å². The lowest BCUT2D eigenvalue weighted by molar-refractivity contribution is 0.198. The van der Waals surface area contributed by atoms with E-state index in [2.05, 4.69) is 68.1 Å². The molecule has 2 heteroatoms. The van der Waals surface area contributed by atoms with E-state index in [9.17, 15) is 0 Å². The van der Waals surface area contributed by atoms with Gasteiger partial charge in [-0.3, -0.25) is 0 Å². The molecule has 1 aliphatic rings. The molecular weight excluding hydrogens is 280 g/mol. The SMILES string of the molecule is CC(C)(C)C1CCN(c2ccc(Cc3ccccc3)cn2)CC1. The molecule has 0 saturated carbocycles. The Balaban J connectivity index is 1.60. The van der Waals surface area contributed by atoms with Crippen molar-refractivity contribution in [2.75, 3.05) is 18.0 Å². The van der Waals surface area contributed by atoms with Crippen LogP contribution in [0, 0.1) is 11.3 Å². The summed E-state index contributed by atoms with van der Waals surface area (Å²) >= 11 is 0. The standard InChI is InChI=1S/C21H28N2/c1-21(2,3)19-11-13-23(14-12-19)20-10-9-18(16-22-20)15-17-7-5-4-6-8-17/h4-10,16,19H,11-15H2,1-3H3. The normalized spacial score (nSPS) is 16.6. The lowest BCUT2D eigenvalue weighted by Crippen LogP contribution is -2.38. The fourth-order valence-corrected chi connectivity index (χ4v) is 3.51. The van der Waals surface area contributed by atoms with Crippen LogP contribution in [0.1, 0.15) is 44.7 Å². The number of piperidine rings is 1. The fourth-order valence-electron chi connectivity index (χ4n) is 3.51. The van der Waals surface area contributed by atoms with Crippen LogP contribution in [-0.2, 0) is 6.42 Å². The summed E-state index contributed by atoms with van der Waals surface area (Å²) in [5.41, 5.74) is 3.05. The van der Waals surface area contributed by atoms with E-state index in [1.165, 1.54) is 24.0 Å². The lowest BCUT2D eigenvalue weighted by Gasteiger charge is -2.39. The maximum absolute atomic E-state index is 4.71. The maximum Gasteiger partial charge on any atom is 0.128 e. The molecule has 2 heterocycles. The van der Waals surface area contributed by atoms with E-state index in [0.717, 1.165) is 31.2 Å². The fraction of sp³-hybridized carbons (Fsp3) is 0.476. The summed E-state index contributed by atoms with van der Waals surface area (Å²) in [5, 5.41) is 0. The van der Waals surface area contributed by atoms with Crippen molar-refractivity contribution in [1.29, 1.82) is 0 Å². The molecule has 0 bridgehead atoms. The Morgan fingerprint density at radius 2 is 1.65 bits per heavy atom. The number of benzene rings is 1. The van der Waals surface area contributed by atoms with Crippen molar-refractivity contribution < 1.29 is 0 Å². The Bertz CT molecular complexity index is 603. The summed E-state index contributed by atoms with van der Waals surface area (Å²) in [6, 6.07) is 15.0. The topological polar surface area (TPSA) is 16.1 Å². The summed E-state index contributed by atoms with van der Waals surface area (Å²) in [6.07, 6.45) is 5.55. The molecule has 122 valence electrons. The van der Waals surface area contributed by atoms with E-state index in [4.69, 9.17) is 4.98 Å². The van der Waals surface area contributed by atoms with E-state index >= 15 is 0 Å². The zero-order valence-electron chi connectivity index (χ0n) is 14.6. The van der Waals surface area contributed by atoms with Gasteiger partial charge in [-0.2, -0.15) is 0 Å². The van der Waals surface area contributed by atoms with E-state index in [0.29, 0.717) is 5.41 Å². The van der Waals surface area contributed by atoms with E-state index in [-0.39, 0.29) is 0 Å². The van der Waals surface area contributed by atoms with Gasteiger partial charge in [-0.25, -0.2) is 4.98 Å². The Kier molecular flexibility index (Phi) is 4.70. The van der Waals surface area contributed by atoms with Crippen molar-refractivity contribution in [2.45, 2.75) is 40.0 Å². The number of anilines is 1. The third-order valence-electron chi connectivity index (χ3n) is 5.10. The predicted octanol–water partition coefficient (Wildman–Crippen LogP) is 4.93. The van der Waals surface area contributed by atoms with Crippen LogP contribution in [0.25, 0.3) is 0 Å². The van der Waals surface area contributed by atoms with Crippen molar-refractivity contribution in [3.63, 3.8) is 0 Å². The maximum atomic E-state index is 4.71. The number of rotatable bonds is 3. The molecule has 23 heavy (non-hydrogen) atoms. The molecule has 2 nitrogen and oxygen atoms in total. The number of hydrogen-bond acceptors (Lipinski definition) is 2. The minimum absolute atomic E-state index is 0.430. The first-order chi connectivity index (χ1) is 11.0. The summed E-state index contributed by atoms with van der Waals surface area (Å²) in [5.74, 6) is 1.96. The van der Waals surface area contributed by atoms with Gasteiger partial charge in [0.25, 0.3) is 0 Å². The van der Waals surface area contributed by atoms with Crippen LogP contribution in [0.15, 0.2) is 48.7 Å². The van der Waals surface area contributed by atoms with E-state index in [1.807, 2.05) is 6.20 Å². The second kappa shape index (κ2) is 6.74. The third-order valence-corrected chi connectivity index (χ3v) is 5.10. The molecule has 0 radical (unpaired) electrons. The van der Waals surface area contributed by atoms with Crippen LogP contribution < -0.4 is 4.90 Å². The molecule has 1 aromatic carbocycles. The summed E-state index contributed by atoms with van der Waals surface area (Å²) in [6.45, 7) is 9.36. The number of hydrogen-bond donors (Lipinski definition) is 0. The van der Waals surface area contributed by atoms with Crippen molar-refractivity contribution >= 4 is 5.82 Å². The molecule has 2 aromatic rings. The van der Waals surface area contributed by atoms with Crippen LogP contribution in [-0.4, -0.2) is 18.1 Å². The van der Waals surface area contributed by atoms with Crippen LogP contribution in [0.4, 0.5) is 5.82 Å². The monoisotopic (exact) mass is 308 g/mol. The minimum Gasteiger partial charge on any atom is -0.357 e. The molecule has 0 spiro atoms. The van der Waals surface area contributed by atoms with Crippen LogP contribution in [0.5, 0.6) is 0 Å². The number of aromatic nitrogens is 1. The van der Waals surface area contributed by atoms with Crippen LogP contribution in [0.3, 0.4) is 0 Å². The molecule has 0 aliphatic carbocycles. The van der Waals surface area contributed by atoms with Gasteiger partial charge in [-0.15, -0.1) is 0 Å². The summed E-state index contributed by atoms with van der Waals surface area (Å²) < 4.78 is 0. The Morgan fingerprint density at radius 3 is 2.22 bits per heavy atom. The first-order valence-corrected chi connectivity index (χ1v) is 8.76. The van der Waals surface area contributed by atoms with Crippen LogP contribution in [0.2, 0.25) is 0 Å². The van der Waals surface area contributed by atoms with E-state index in [1.54, 1.807) is 0 Å². The predicted molar refractivity (Wildman–Crippen MR) is 97.9 cm³/mol. The second-order valence-electron chi connectivity index (χ2n) is 7.81. The number of pyridine rings is 1. The third kappa shape index (κ3) is 4.13. The highest BCUT2D eigenvalue weighted by Crippen LogP contribution is 2.35. The average Bonchev–Trinajstić information content (AvgIpc) is 2.56. The van der Waals surface area contributed by atoms with E-state index < -0.39 is 0 Å². The molecule has 3 rings (SSSR count). The summed E-state index contributed by atoms with van der Waals surface area (Å²) in [7, 11) is 0. The zero-order valence-corrected chi connectivity index (χ0v) is 14.6. The smallest absolute Gasteiger partial charge is 0.128 e. The molecular formula is C21H28N2. The van der Waals surface area contributed by atoms with Gasteiger partial charge in [0.15, 0.2) is 0 Å². The largest absolute Gasteiger partial charge is 0.357 e. The summed E-state index contributed by atoms with van der Waals surface area (Å²) in [4.78, 5) is 7.15. The van der Waals surface area contributed by atoms with Crippen molar-refractivity contribution in [2.24, 2.45) is 11.3 Å². The van der Waals surface area contributed by atoms with Gasteiger partial charge in [0.05, 0.1) is 0 Å². The van der Waals surface area contributed by atoms with Gasteiger partial charge < -0.3 is 4.90 Å². The molecule has 1 fully saturated rings. The van der Waals surface area contributed by atoms with Gasteiger partial charge >= 0.3 is 0 Å². The molecule has 0 amide bonds. The molecule has 1 aromatic heterocycles. The molecule has 0 unspecified atom stereocenters. The van der Waals surface area contributed by atoms with Gasteiger partial charge in [0, 0.05) is 19.3 Å². The molecule has 1 saturated heterocycles. The molecule has 1 aliphatic heterocycles. The number of nitrogens with zero attached hydrogens (tertiary/aromatic N) is 2.